The molecule has 0 radical (unpaired) electrons. The van der Waals surface area contributed by atoms with Crippen LogP contribution in [0.4, 0.5) is 0 Å². The summed E-state index contributed by atoms with van der Waals surface area (Å²) in [6.07, 6.45) is 16.7. The Labute approximate surface area is 218 Å². The molecule has 0 amide bonds. The van der Waals surface area contributed by atoms with Gasteiger partial charge in [-0.2, -0.15) is 0 Å². The molecule has 3 N–H and O–H groups in total. The fourth-order valence-corrected chi connectivity index (χ4v) is 4.42. The van der Waals surface area contributed by atoms with Crippen molar-refractivity contribution in [2.45, 2.75) is 131 Å². The van der Waals surface area contributed by atoms with Gasteiger partial charge in [-0.1, -0.05) is 106 Å². The maximum Gasteiger partial charge on any atom is 0.469 e. The fraction of sp³-hybridized carbons (Fsp3) is 1.00. The third-order valence-corrected chi connectivity index (χ3v) is 7.55. The highest BCUT2D eigenvalue weighted by Gasteiger charge is 2.18. The van der Waals surface area contributed by atoms with Crippen LogP contribution in [0, 0.1) is 17.8 Å². The summed E-state index contributed by atoms with van der Waals surface area (Å²) in [7, 11) is -4.34. The number of rotatable bonds is 23. The van der Waals surface area contributed by atoms with Gasteiger partial charge in [0.2, 0.25) is 0 Å². The molecule has 3 atom stereocenters. The summed E-state index contributed by atoms with van der Waals surface area (Å²) in [6, 6.07) is 0. The van der Waals surface area contributed by atoms with Crippen molar-refractivity contribution in [2.24, 2.45) is 17.8 Å². The van der Waals surface area contributed by atoms with Crippen molar-refractivity contribution in [1.29, 1.82) is 0 Å². The van der Waals surface area contributed by atoms with E-state index < -0.39 is 7.82 Å². The quantitative estimate of drug-likeness (QED) is 0.0935. The molecule has 0 saturated heterocycles. The van der Waals surface area contributed by atoms with Gasteiger partial charge in [-0.25, -0.2) is 4.57 Å². The molecule has 214 valence electrons. The molecule has 3 unspecified atom stereocenters. The standard InChI is InChI=1S/C18H39O4P.C10H23NO/c1-5-16(3)11-8-7-9-13-18(15-22-23(19,20)21)14-10-12-17(4)6-2;1-3-5-7-11(9-10-12)8-6-4-2/h16-18H,5-15H2,1-4H3,(H2,19,20,21);12H,3-10H2,1-2H3. The zero-order valence-corrected chi connectivity index (χ0v) is 25.1. The summed E-state index contributed by atoms with van der Waals surface area (Å²) in [6.45, 7) is 17.0. The molecule has 0 aliphatic rings. The predicted octanol–water partition coefficient (Wildman–Crippen LogP) is 7.81. The first kappa shape index (κ1) is 37.2. The summed E-state index contributed by atoms with van der Waals surface area (Å²) in [5, 5.41) is 8.79. The third-order valence-electron chi connectivity index (χ3n) is 7.06. The highest BCUT2D eigenvalue weighted by atomic mass is 31.2. The van der Waals surface area contributed by atoms with Crippen LogP contribution < -0.4 is 0 Å². The van der Waals surface area contributed by atoms with Gasteiger partial charge in [0.15, 0.2) is 0 Å². The van der Waals surface area contributed by atoms with Gasteiger partial charge in [-0.15, -0.1) is 0 Å². The molecular weight excluding hydrogens is 461 g/mol. The van der Waals surface area contributed by atoms with Gasteiger partial charge in [-0.3, -0.25) is 4.52 Å². The summed E-state index contributed by atoms with van der Waals surface area (Å²) in [5.74, 6) is 1.81. The van der Waals surface area contributed by atoms with Crippen LogP contribution in [0.3, 0.4) is 0 Å². The van der Waals surface area contributed by atoms with Crippen LogP contribution in [0.1, 0.15) is 131 Å². The van der Waals surface area contributed by atoms with E-state index in [1.54, 1.807) is 0 Å². The van der Waals surface area contributed by atoms with Gasteiger partial charge in [0.1, 0.15) is 0 Å². The van der Waals surface area contributed by atoms with E-state index in [-0.39, 0.29) is 12.5 Å². The van der Waals surface area contributed by atoms with Crippen LogP contribution in [0.2, 0.25) is 0 Å². The van der Waals surface area contributed by atoms with Crippen molar-refractivity contribution < 1.29 is 24.0 Å². The lowest BCUT2D eigenvalue weighted by molar-refractivity contribution is 0.156. The topological polar surface area (TPSA) is 90.2 Å². The lowest BCUT2D eigenvalue weighted by Crippen LogP contribution is -2.28. The summed E-state index contributed by atoms with van der Waals surface area (Å²) in [4.78, 5) is 20.2. The Bertz CT molecular complexity index is 466. The van der Waals surface area contributed by atoms with Gasteiger partial charge >= 0.3 is 7.82 Å². The van der Waals surface area contributed by atoms with Crippen molar-refractivity contribution >= 4 is 7.82 Å². The zero-order chi connectivity index (χ0) is 27.0. The maximum absolute atomic E-state index is 10.9. The minimum atomic E-state index is -4.34. The molecule has 0 aromatic rings. The van der Waals surface area contributed by atoms with Crippen LogP contribution in [0.15, 0.2) is 0 Å². The third kappa shape index (κ3) is 28.5. The van der Waals surface area contributed by atoms with Crippen LogP contribution in [0.5, 0.6) is 0 Å². The Balaban J connectivity index is 0. The smallest absolute Gasteiger partial charge is 0.395 e. The van der Waals surface area contributed by atoms with Gasteiger partial charge < -0.3 is 19.8 Å². The Hall–Kier alpha value is 0.0300. The number of nitrogens with zero attached hydrogens (tertiary/aromatic N) is 1. The molecule has 0 fully saturated rings. The van der Waals surface area contributed by atoms with Crippen LogP contribution >= 0.6 is 7.82 Å². The Morgan fingerprint density at radius 2 is 1.20 bits per heavy atom. The molecule has 0 rings (SSSR count). The number of aliphatic hydroxyl groups excluding tert-OH is 1. The van der Waals surface area contributed by atoms with Gasteiger partial charge in [0, 0.05) is 6.54 Å². The van der Waals surface area contributed by atoms with E-state index in [0.717, 1.165) is 57.2 Å². The monoisotopic (exact) mass is 523 g/mol. The lowest BCUT2D eigenvalue weighted by atomic mass is 9.92. The summed E-state index contributed by atoms with van der Waals surface area (Å²) < 4.78 is 15.7. The summed E-state index contributed by atoms with van der Waals surface area (Å²) in [5.41, 5.74) is 0. The molecule has 0 heterocycles. The van der Waals surface area contributed by atoms with E-state index in [2.05, 4.69) is 46.4 Å². The Morgan fingerprint density at radius 1 is 0.714 bits per heavy atom. The molecule has 0 saturated carbocycles. The molecular formula is C28H62NO5P. The van der Waals surface area contributed by atoms with Crippen LogP contribution in [0.25, 0.3) is 0 Å². The first-order valence-electron chi connectivity index (χ1n) is 14.7. The number of hydrogen-bond donors (Lipinski definition) is 3. The van der Waals surface area contributed by atoms with E-state index in [1.807, 2.05) is 0 Å². The molecule has 6 nitrogen and oxygen atoms in total. The number of phosphoric acid groups is 1. The Morgan fingerprint density at radius 3 is 1.66 bits per heavy atom. The molecule has 35 heavy (non-hydrogen) atoms. The molecule has 0 bridgehead atoms. The number of hydrogen-bond acceptors (Lipinski definition) is 4. The Kier molecular flexibility index (Phi) is 27.3. The highest BCUT2D eigenvalue weighted by molar-refractivity contribution is 7.46. The van der Waals surface area contributed by atoms with Crippen molar-refractivity contribution in [3.8, 4) is 0 Å². The minimum absolute atomic E-state index is 0.191. The predicted molar refractivity (Wildman–Crippen MR) is 151 cm³/mol. The molecule has 0 aliphatic carbocycles. The largest absolute Gasteiger partial charge is 0.469 e. The van der Waals surface area contributed by atoms with Gasteiger partial charge in [0.25, 0.3) is 0 Å². The van der Waals surface area contributed by atoms with Crippen LogP contribution in [-0.4, -0.2) is 52.6 Å². The van der Waals surface area contributed by atoms with Crippen molar-refractivity contribution in [3.63, 3.8) is 0 Å². The number of phosphoric ester groups is 1. The molecule has 7 heteroatoms. The first-order chi connectivity index (χ1) is 16.6. The molecule has 0 spiro atoms. The van der Waals surface area contributed by atoms with E-state index in [0.29, 0.717) is 6.61 Å². The number of aliphatic hydroxyl groups is 1. The number of unbranched alkanes of at least 4 members (excludes halogenated alkanes) is 4. The van der Waals surface area contributed by atoms with E-state index in [9.17, 15) is 4.57 Å². The highest BCUT2D eigenvalue weighted by Crippen LogP contribution is 2.37. The second kappa shape index (κ2) is 25.7. The SMILES string of the molecule is CCC(C)CCCCCC(CCCC(C)CC)COP(=O)(O)O.CCCCN(CCO)CCCC. The fourth-order valence-electron chi connectivity index (χ4n) is 4.02. The van der Waals surface area contributed by atoms with E-state index >= 15 is 0 Å². The second-order valence-electron chi connectivity index (χ2n) is 10.5. The first-order valence-corrected chi connectivity index (χ1v) is 16.2. The van der Waals surface area contributed by atoms with Crippen molar-refractivity contribution in [3.05, 3.63) is 0 Å². The normalized spacial score (nSPS) is 14.5. The minimum Gasteiger partial charge on any atom is -0.395 e. The molecule has 0 aromatic heterocycles. The van der Waals surface area contributed by atoms with Crippen molar-refractivity contribution in [1.82, 2.24) is 4.90 Å². The van der Waals surface area contributed by atoms with E-state index in [1.165, 1.54) is 64.2 Å². The maximum atomic E-state index is 10.9. The second-order valence-corrected chi connectivity index (χ2v) is 11.8. The lowest BCUT2D eigenvalue weighted by Gasteiger charge is -2.20. The molecule has 0 aromatic carbocycles. The van der Waals surface area contributed by atoms with Gasteiger partial charge in [-0.05, 0) is 56.5 Å². The van der Waals surface area contributed by atoms with Crippen LogP contribution in [-0.2, 0) is 9.09 Å². The molecule has 0 aliphatic heterocycles. The average Bonchev–Trinajstić information content (AvgIpc) is 2.83. The average molecular weight is 524 g/mol. The van der Waals surface area contributed by atoms with Crippen molar-refractivity contribution in [2.75, 3.05) is 32.8 Å². The van der Waals surface area contributed by atoms with E-state index in [4.69, 9.17) is 19.4 Å². The zero-order valence-electron chi connectivity index (χ0n) is 24.2. The summed E-state index contributed by atoms with van der Waals surface area (Å²) >= 11 is 0. The van der Waals surface area contributed by atoms with Gasteiger partial charge in [0.05, 0.1) is 13.2 Å².